The number of nitrogens with one attached hydrogen (secondary N) is 1. The van der Waals surface area contributed by atoms with E-state index in [1.807, 2.05) is 0 Å². The molecule has 31 heavy (non-hydrogen) atoms. The van der Waals surface area contributed by atoms with E-state index in [2.05, 4.69) is 20.6 Å². The first kappa shape index (κ1) is 21.0. The molecule has 0 unspecified atom stereocenters. The number of para-hydroxylation sites is 1. The maximum Gasteiger partial charge on any atom is 0.435 e. The fourth-order valence-electron chi connectivity index (χ4n) is 2.84. The number of nitrogens with zero attached hydrogens (tertiary/aromatic N) is 4. The van der Waals surface area contributed by atoms with Crippen molar-refractivity contribution in [1.29, 1.82) is 0 Å². The van der Waals surface area contributed by atoms with Crippen molar-refractivity contribution >= 4 is 34.0 Å². The van der Waals surface area contributed by atoms with Gasteiger partial charge in [-0.1, -0.05) is 47.2 Å². The van der Waals surface area contributed by atoms with Gasteiger partial charge in [-0.2, -0.15) is 18.3 Å². The molecule has 0 bridgehead atoms. The van der Waals surface area contributed by atoms with Gasteiger partial charge < -0.3 is 0 Å². The molecule has 0 spiro atoms. The number of alkyl halides is 3. The zero-order chi connectivity index (χ0) is 22.2. The average molecular weight is 464 g/mol. The Bertz CT molecular complexity index is 1250. The number of carbonyl (C=O) groups is 1. The molecule has 11 heteroatoms. The van der Waals surface area contributed by atoms with Crippen LogP contribution in [0, 0.1) is 6.92 Å². The van der Waals surface area contributed by atoms with Gasteiger partial charge in [0.1, 0.15) is 5.01 Å². The van der Waals surface area contributed by atoms with Crippen LogP contribution in [-0.2, 0) is 6.18 Å². The molecule has 6 nitrogen and oxygen atoms in total. The number of carbonyl (C=O) groups excluding carboxylic acids is 1. The van der Waals surface area contributed by atoms with E-state index in [1.54, 1.807) is 43.3 Å². The third-order valence-corrected chi connectivity index (χ3v) is 5.34. The van der Waals surface area contributed by atoms with Crippen molar-refractivity contribution < 1.29 is 18.0 Å². The summed E-state index contributed by atoms with van der Waals surface area (Å²) in [6.07, 6.45) is -4.62. The highest BCUT2D eigenvalue weighted by atomic mass is 35.5. The van der Waals surface area contributed by atoms with Crippen LogP contribution in [0.15, 0.2) is 54.6 Å². The molecule has 0 aliphatic heterocycles. The topological polar surface area (TPSA) is 72.7 Å². The number of amides is 1. The first-order valence-corrected chi connectivity index (χ1v) is 10.1. The lowest BCUT2D eigenvalue weighted by Gasteiger charge is -2.10. The molecule has 1 amide bonds. The van der Waals surface area contributed by atoms with Gasteiger partial charge in [0.2, 0.25) is 5.13 Å². The van der Waals surface area contributed by atoms with Crippen LogP contribution in [-0.4, -0.2) is 25.9 Å². The molecule has 0 aliphatic rings. The monoisotopic (exact) mass is 463 g/mol. The molecule has 4 aromatic rings. The zero-order valence-electron chi connectivity index (χ0n) is 15.8. The van der Waals surface area contributed by atoms with Gasteiger partial charge in [-0.15, -0.1) is 10.2 Å². The van der Waals surface area contributed by atoms with Crippen molar-refractivity contribution in [3.8, 4) is 16.9 Å². The van der Waals surface area contributed by atoms with Gasteiger partial charge >= 0.3 is 6.18 Å². The molecular weight excluding hydrogens is 451 g/mol. The van der Waals surface area contributed by atoms with Crippen LogP contribution in [0.5, 0.6) is 0 Å². The smallest absolute Gasteiger partial charge is 0.296 e. The van der Waals surface area contributed by atoms with Crippen LogP contribution in [0.1, 0.15) is 21.1 Å². The number of anilines is 1. The second kappa shape index (κ2) is 8.12. The molecule has 4 rings (SSSR count). The van der Waals surface area contributed by atoms with E-state index in [4.69, 9.17) is 11.6 Å². The standard InChI is InChI=1S/C20H13ClF3N5OS/c1-11-26-27-19(31-11)25-18(30)13-8-6-12(7-9-13)16-10-17(20(22,23)24)28-29(16)15-5-3-2-4-14(15)21/h2-10H,1H3,(H,25,27,30). The maximum atomic E-state index is 13.3. The second-order valence-electron chi connectivity index (χ2n) is 6.43. The third-order valence-electron chi connectivity index (χ3n) is 4.27. The van der Waals surface area contributed by atoms with Gasteiger partial charge in [0.25, 0.3) is 5.91 Å². The highest BCUT2D eigenvalue weighted by Crippen LogP contribution is 2.34. The number of rotatable bonds is 4. The van der Waals surface area contributed by atoms with E-state index in [1.165, 1.54) is 23.5 Å². The predicted molar refractivity (Wildman–Crippen MR) is 112 cm³/mol. The van der Waals surface area contributed by atoms with Crippen LogP contribution in [0.3, 0.4) is 0 Å². The Hall–Kier alpha value is -3.24. The van der Waals surface area contributed by atoms with Crippen LogP contribution in [0.4, 0.5) is 18.3 Å². The summed E-state index contributed by atoms with van der Waals surface area (Å²) in [7, 11) is 0. The third kappa shape index (κ3) is 4.44. The first-order chi connectivity index (χ1) is 14.7. The van der Waals surface area contributed by atoms with Crippen molar-refractivity contribution in [2.75, 3.05) is 5.32 Å². The normalized spacial score (nSPS) is 11.5. The predicted octanol–water partition coefficient (Wildman–Crippen LogP) is 5.62. The molecule has 2 heterocycles. The van der Waals surface area contributed by atoms with E-state index in [-0.39, 0.29) is 10.7 Å². The summed E-state index contributed by atoms with van der Waals surface area (Å²) in [6, 6.07) is 13.5. The highest BCUT2D eigenvalue weighted by Gasteiger charge is 2.35. The summed E-state index contributed by atoms with van der Waals surface area (Å²) in [5, 5.41) is 15.3. The van der Waals surface area contributed by atoms with E-state index < -0.39 is 17.8 Å². The number of hydrogen-bond donors (Lipinski definition) is 1. The highest BCUT2D eigenvalue weighted by molar-refractivity contribution is 7.15. The van der Waals surface area contributed by atoms with Crippen LogP contribution < -0.4 is 5.32 Å². The summed E-state index contributed by atoms with van der Waals surface area (Å²) in [6.45, 7) is 1.76. The average Bonchev–Trinajstić information content (AvgIpc) is 3.35. The Morgan fingerprint density at radius 1 is 1.10 bits per heavy atom. The molecule has 0 radical (unpaired) electrons. The minimum atomic E-state index is -4.62. The van der Waals surface area contributed by atoms with Gasteiger partial charge in [-0.25, -0.2) is 4.68 Å². The zero-order valence-corrected chi connectivity index (χ0v) is 17.4. The minimum Gasteiger partial charge on any atom is -0.296 e. The van der Waals surface area contributed by atoms with E-state index in [9.17, 15) is 18.0 Å². The number of aryl methyl sites for hydroxylation is 1. The summed E-state index contributed by atoms with van der Waals surface area (Å²) in [5.74, 6) is -0.404. The summed E-state index contributed by atoms with van der Waals surface area (Å²) in [4.78, 5) is 12.4. The second-order valence-corrected chi connectivity index (χ2v) is 8.02. The van der Waals surface area contributed by atoms with E-state index >= 15 is 0 Å². The summed E-state index contributed by atoms with van der Waals surface area (Å²) < 4.78 is 41.1. The maximum absolute atomic E-state index is 13.3. The van der Waals surface area contributed by atoms with Gasteiger partial charge in [-0.05, 0) is 37.3 Å². The van der Waals surface area contributed by atoms with Gasteiger partial charge in [0.05, 0.1) is 16.4 Å². The van der Waals surface area contributed by atoms with Crippen LogP contribution in [0.25, 0.3) is 16.9 Å². The fourth-order valence-corrected chi connectivity index (χ4v) is 3.64. The lowest BCUT2D eigenvalue weighted by atomic mass is 10.1. The van der Waals surface area contributed by atoms with E-state index in [0.717, 1.165) is 10.7 Å². The van der Waals surface area contributed by atoms with Crippen molar-refractivity contribution in [3.63, 3.8) is 0 Å². The van der Waals surface area contributed by atoms with Gasteiger partial charge in [-0.3, -0.25) is 10.1 Å². The number of halogens is 4. The molecule has 2 aromatic carbocycles. The van der Waals surface area contributed by atoms with Gasteiger partial charge in [0, 0.05) is 11.1 Å². The SMILES string of the molecule is Cc1nnc(NC(=O)c2ccc(-c3cc(C(F)(F)F)nn3-c3ccccc3Cl)cc2)s1. The molecule has 0 saturated carbocycles. The summed E-state index contributed by atoms with van der Waals surface area (Å²) in [5.41, 5.74) is 0.203. The van der Waals surface area contributed by atoms with Crippen molar-refractivity contribution in [2.45, 2.75) is 13.1 Å². The van der Waals surface area contributed by atoms with Crippen molar-refractivity contribution in [1.82, 2.24) is 20.0 Å². The molecule has 158 valence electrons. The Balaban J connectivity index is 1.69. The first-order valence-electron chi connectivity index (χ1n) is 8.86. The van der Waals surface area contributed by atoms with Crippen molar-refractivity contribution in [3.05, 3.63) is 75.9 Å². The Labute approximate surface area is 183 Å². The minimum absolute atomic E-state index is 0.187. The molecule has 1 N–H and O–H groups in total. The quantitative estimate of drug-likeness (QED) is 0.426. The molecule has 0 fully saturated rings. The number of hydrogen-bond acceptors (Lipinski definition) is 5. The number of aromatic nitrogens is 4. The summed E-state index contributed by atoms with van der Waals surface area (Å²) >= 11 is 7.41. The molecular formula is C20H13ClF3N5OS. The molecule has 2 aromatic heterocycles. The van der Waals surface area contributed by atoms with Crippen LogP contribution >= 0.6 is 22.9 Å². The van der Waals surface area contributed by atoms with E-state index in [0.29, 0.717) is 27.0 Å². The number of benzene rings is 2. The van der Waals surface area contributed by atoms with Crippen LogP contribution in [0.2, 0.25) is 5.02 Å². The van der Waals surface area contributed by atoms with Gasteiger partial charge in [0.15, 0.2) is 5.69 Å². The van der Waals surface area contributed by atoms with Crippen molar-refractivity contribution in [2.24, 2.45) is 0 Å². The Morgan fingerprint density at radius 2 is 1.81 bits per heavy atom. The fraction of sp³-hybridized carbons (Fsp3) is 0.100. The Kier molecular flexibility index (Phi) is 5.50. The lowest BCUT2D eigenvalue weighted by Crippen LogP contribution is -2.11. The lowest BCUT2D eigenvalue weighted by molar-refractivity contribution is -0.141. The molecule has 0 aliphatic carbocycles. The molecule has 0 atom stereocenters. The Morgan fingerprint density at radius 3 is 2.42 bits per heavy atom. The molecule has 0 saturated heterocycles. The largest absolute Gasteiger partial charge is 0.435 e.